The highest BCUT2D eigenvalue weighted by atomic mass is 35.5. The molecule has 0 amide bonds. The van der Waals surface area contributed by atoms with E-state index in [0.717, 1.165) is 33.6 Å². The number of aromatic hydroxyl groups is 1. The van der Waals surface area contributed by atoms with Gasteiger partial charge in [-0.25, -0.2) is 4.98 Å². The summed E-state index contributed by atoms with van der Waals surface area (Å²) >= 11 is 0. The molecule has 0 unspecified atom stereocenters. The highest BCUT2D eigenvalue weighted by molar-refractivity contribution is 6.00. The third kappa shape index (κ3) is 3.16. The van der Waals surface area contributed by atoms with Gasteiger partial charge >= 0.3 is 0 Å². The molecule has 126 valence electrons. The predicted molar refractivity (Wildman–Crippen MR) is 98.7 cm³/mol. The average Bonchev–Trinajstić information content (AvgIpc) is 2.60. The summed E-state index contributed by atoms with van der Waals surface area (Å²) in [6.07, 6.45) is 0. The van der Waals surface area contributed by atoms with Gasteiger partial charge in [0.2, 0.25) is 0 Å². The van der Waals surface area contributed by atoms with Gasteiger partial charge in [-0.3, -0.25) is 0 Å². The summed E-state index contributed by atoms with van der Waals surface area (Å²) in [5.41, 5.74) is 1.72. The number of rotatable bonds is 4. The van der Waals surface area contributed by atoms with Crippen LogP contribution in [0.25, 0.3) is 22.0 Å². The Morgan fingerprint density at radius 2 is 1.71 bits per heavy atom. The van der Waals surface area contributed by atoms with Crippen molar-refractivity contribution >= 4 is 29.0 Å². The molecule has 0 saturated carbocycles. The zero-order chi connectivity index (χ0) is 16.4. The van der Waals surface area contributed by atoms with Crippen molar-refractivity contribution in [2.75, 3.05) is 26.6 Å². The van der Waals surface area contributed by atoms with Crippen molar-refractivity contribution < 1.29 is 14.6 Å². The van der Waals surface area contributed by atoms with E-state index in [9.17, 15) is 5.11 Å². The van der Waals surface area contributed by atoms with Gasteiger partial charge in [-0.05, 0) is 41.8 Å². The molecule has 0 aliphatic carbocycles. The first-order valence-electron chi connectivity index (χ1n) is 7.20. The maximum atomic E-state index is 9.45. The van der Waals surface area contributed by atoms with Crippen LogP contribution in [-0.2, 0) is 0 Å². The molecule has 0 bridgehead atoms. The summed E-state index contributed by atoms with van der Waals surface area (Å²) in [6.45, 7) is 0. The lowest BCUT2D eigenvalue weighted by Gasteiger charge is -2.14. The minimum absolute atomic E-state index is 0. The molecular weight excluding hydrogens is 328 g/mol. The number of methoxy groups -OCH3 is 2. The maximum absolute atomic E-state index is 9.45. The number of pyridine rings is 1. The minimum Gasteiger partial charge on any atom is -0.508 e. The molecular formula is C18H19ClN2O3. The van der Waals surface area contributed by atoms with Gasteiger partial charge in [0.15, 0.2) is 0 Å². The van der Waals surface area contributed by atoms with Gasteiger partial charge in [0.05, 0.1) is 25.3 Å². The van der Waals surface area contributed by atoms with Crippen molar-refractivity contribution in [1.29, 1.82) is 0 Å². The average molecular weight is 347 g/mol. The summed E-state index contributed by atoms with van der Waals surface area (Å²) in [5.74, 6) is 2.38. The van der Waals surface area contributed by atoms with Gasteiger partial charge in [-0.1, -0.05) is 0 Å². The molecule has 0 atom stereocenters. The number of halogens is 1. The normalized spacial score (nSPS) is 10.1. The SMILES string of the molecule is CNc1nc(-c2ccc(O)cc2)cc2cc(OC)cc(OC)c12.Cl. The number of hydrogen-bond acceptors (Lipinski definition) is 5. The largest absolute Gasteiger partial charge is 0.508 e. The number of nitrogens with one attached hydrogen (secondary N) is 1. The van der Waals surface area contributed by atoms with Gasteiger partial charge in [0.1, 0.15) is 23.1 Å². The van der Waals surface area contributed by atoms with Crippen LogP contribution < -0.4 is 14.8 Å². The number of phenolic OH excluding ortho intramolecular Hbond substituents is 1. The first-order valence-corrected chi connectivity index (χ1v) is 7.20. The van der Waals surface area contributed by atoms with E-state index in [1.165, 1.54) is 0 Å². The molecule has 6 heteroatoms. The van der Waals surface area contributed by atoms with E-state index in [-0.39, 0.29) is 18.2 Å². The van der Waals surface area contributed by atoms with Crippen molar-refractivity contribution in [1.82, 2.24) is 4.98 Å². The maximum Gasteiger partial charge on any atom is 0.138 e. The zero-order valence-corrected chi connectivity index (χ0v) is 14.5. The van der Waals surface area contributed by atoms with Crippen molar-refractivity contribution in [3.63, 3.8) is 0 Å². The lowest BCUT2D eigenvalue weighted by atomic mass is 10.1. The van der Waals surface area contributed by atoms with Gasteiger partial charge in [0.25, 0.3) is 0 Å². The van der Waals surface area contributed by atoms with Crippen LogP contribution in [0.3, 0.4) is 0 Å². The molecule has 5 nitrogen and oxygen atoms in total. The molecule has 0 fully saturated rings. The monoisotopic (exact) mass is 346 g/mol. The summed E-state index contributed by atoms with van der Waals surface area (Å²) in [4.78, 5) is 4.67. The van der Waals surface area contributed by atoms with Crippen LogP contribution in [0.15, 0.2) is 42.5 Å². The highest BCUT2D eigenvalue weighted by Gasteiger charge is 2.13. The summed E-state index contributed by atoms with van der Waals surface area (Å²) in [6, 6.07) is 12.7. The molecule has 0 spiro atoms. The van der Waals surface area contributed by atoms with Gasteiger partial charge in [-0.2, -0.15) is 0 Å². The topological polar surface area (TPSA) is 63.6 Å². The Bertz CT molecular complexity index is 851. The quantitative estimate of drug-likeness (QED) is 0.745. The number of hydrogen-bond donors (Lipinski definition) is 2. The fourth-order valence-corrected chi connectivity index (χ4v) is 2.57. The summed E-state index contributed by atoms with van der Waals surface area (Å²) in [5, 5.41) is 14.4. The van der Waals surface area contributed by atoms with E-state index < -0.39 is 0 Å². The zero-order valence-electron chi connectivity index (χ0n) is 13.7. The van der Waals surface area contributed by atoms with Crippen LogP contribution in [-0.4, -0.2) is 31.4 Å². The smallest absolute Gasteiger partial charge is 0.138 e. The highest BCUT2D eigenvalue weighted by Crippen LogP contribution is 2.37. The molecule has 0 saturated heterocycles. The Kier molecular flexibility index (Phi) is 5.36. The van der Waals surface area contributed by atoms with Crippen molar-refractivity contribution in [2.24, 2.45) is 0 Å². The van der Waals surface area contributed by atoms with Crippen LogP contribution in [0.4, 0.5) is 5.82 Å². The lowest BCUT2D eigenvalue weighted by molar-refractivity contribution is 0.398. The third-order valence-corrected chi connectivity index (χ3v) is 3.72. The minimum atomic E-state index is 0. The fraction of sp³-hybridized carbons (Fsp3) is 0.167. The van der Waals surface area contributed by atoms with Gasteiger partial charge in [-0.15, -0.1) is 12.4 Å². The van der Waals surface area contributed by atoms with Crippen molar-refractivity contribution in [3.05, 3.63) is 42.5 Å². The second-order valence-electron chi connectivity index (χ2n) is 5.08. The number of anilines is 1. The van der Waals surface area contributed by atoms with Crippen LogP contribution in [0, 0.1) is 0 Å². The second-order valence-corrected chi connectivity index (χ2v) is 5.08. The van der Waals surface area contributed by atoms with Crippen LogP contribution >= 0.6 is 12.4 Å². The van der Waals surface area contributed by atoms with Crippen LogP contribution in [0.2, 0.25) is 0 Å². The Morgan fingerprint density at radius 1 is 1.00 bits per heavy atom. The van der Waals surface area contributed by atoms with Crippen LogP contribution in [0.5, 0.6) is 17.2 Å². The van der Waals surface area contributed by atoms with E-state index in [4.69, 9.17) is 9.47 Å². The van der Waals surface area contributed by atoms with Crippen molar-refractivity contribution in [2.45, 2.75) is 0 Å². The summed E-state index contributed by atoms with van der Waals surface area (Å²) in [7, 11) is 5.08. The van der Waals surface area contributed by atoms with Gasteiger partial charge < -0.3 is 19.9 Å². The Balaban J connectivity index is 0.00000208. The third-order valence-electron chi connectivity index (χ3n) is 3.72. The molecule has 1 aromatic heterocycles. The summed E-state index contributed by atoms with van der Waals surface area (Å²) < 4.78 is 10.8. The number of benzene rings is 2. The number of nitrogens with zero attached hydrogens (tertiary/aromatic N) is 1. The van der Waals surface area contributed by atoms with E-state index in [1.54, 1.807) is 26.4 Å². The molecule has 0 radical (unpaired) electrons. The van der Waals surface area contributed by atoms with Crippen LogP contribution in [0.1, 0.15) is 0 Å². The molecule has 2 aromatic carbocycles. The lowest BCUT2D eigenvalue weighted by Crippen LogP contribution is -1.98. The Labute approximate surface area is 146 Å². The van der Waals surface area contributed by atoms with E-state index >= 15 is 0 Å². The number of aromatic nitrogens is 1. The van der Waals surface area contributed by atoms with Crippen molar-refractivity contribution in [3.8, 4) is 28.5 Å². The predicted octanol–water partition coefficient (Wildman–Crippen LogP) is 4.09. The Morgan fingerprint density at radius 3 is 2.29 bits per heavy atom. The molecule has 1 heterocycles. The van der Waals surface area contributed by atoms with E-state index in [1.807, 2.05) is 37.4 Å². The first-order chi connectivity index (χ1) is 11.2. The second kappa shape index (κ2) is 7.27. The van der Waals surface area contributed by atoms with Gasteiger partial charge in [0, 0.05) is 18.7 Å². The number of fused-ring (bicyclic) bond motifs is 1. The van der Waals surface area contributed by atoms with E-state index in [0.29, 0.717) is 5.75 Å². The fourth-order valence-electron chi connectivity index (χ4n) is 2.57. The van der Waals surface area contributed by atoms with E-state index in [2.05, 4.69) is 10.3 Å². The molecule has 3 aromatic rings. The number of ether oxygens (including phenoxy) is 2. The Hall–Kier alpha value is -2.66. The molecule has 24 heavy (non-hydrogen) atoms. The molecule has 0 aliphatic rings. The molecule has 2 N–H and O–H groups in total. The number of phenols is 1. The first kappa shape index (κ1) is 17.7. The molecule has 0 aliphatic heterocycles. The molecule has 3 rings (SSSR count). The standard InChI is InChI=1S/C18H18N2O3.ClH/c1-19-18-17-12(8-14(22-2)10-16(17)23-3)9-15(20-18)11-4-6-13(21)7-5-11;/h4-10,21H,1-3H3,(H,19,20);1H.